The number of fused-ring (bicyclic) bond motifs is 1. The molecule has 0 bridgehead atoms. The second kappa shape index (κ2) is 7.48. The number of benzene rings is 2. The number of hydrogen-bond acceptors (Lipinski definition) is 4. The Bertz CT molecular complexity index is 890. The highest BCUT2D eigenvalue weighted by molar-refractivity contribution is 5.93. The lowest BCUT2D eigenvalue weighted by Gasteiger charge is -2.08. The molecule has 0 radical (unpaired) electrons. The first-order valence-electron chi connectivity index (χ1n) is 7.87. The van der Waals surface area contributed by atoms with E-state index in [4.69, 9.17) is 4.42 Å². The normalized spacial score (nSPS) is 10.4. The van der Waals surface area contributed by atoms with Gasteiger partial charge in [-0.3, -0.25) is 4.79 Å². The number of aromatic nitrogens is 1. The number of nitrogens with one attached hydrogen (secondary N) is 3. The number of oxazole rings is 1. The Morgan fingerprint density at radius 2 is 1.84 bits per heavy atom. The van der Waals surface area contributed by atoms with E-state index in [1.54, 1.807) is 37.3 Å². The van der Waals surface area contributed by atoms with Crippen LogP contribution >= 0.6 is 0 Å². The van der Waals surface area contributed by atoms with Crippen molar-refractivity contribution in [3.05, 3.63) is 54.4 Å². The van der Waals surface area contributed by atoms with Crippen LogP contribution in [0.2, 0.25) is 0 Å². The van der Waals surface area contributed by atoms with Crippen molar-refractivity contribution >= 4 is 34.4 Å². The number of amides is 3. The molecule has 0 spiro atoms. The van der Waals surface area contributed by atoms with Crippen LogP contribution in [0.15, 0.2) is 52.9 Å². The molecule has 3 amide bonds. The van der Waals surface area contributed by atoms with Gasteiger partial charge in [0, 0.05) is 37.3 Å². The third-order valence-corrected chi connectivity index (χ3v) is 3.45. The smallest absolute Gasteiger partial charge is 0.319 e. The van der Waals surface area contributed by atoms with Crippen molar-refractivity contribution in [1.82, 2.24) is 10.3 Å². The molecule has 7 heteroatoms. The number of para-hydroxylation sites is 1. The molecule has 3 rings (SSSR count). The standard InChI is InChI=1S/C18H18N4O3/c1-12-20-15-8-7-14(11-16(15)25-12)22-18(24)19-10-9-17(23)21-13-5-3-2-4-6-13/h2-8,11H,9-10H2,1H3,(H,21,23)(H2,19,22,24). The molecule has 3 N–H and O–H groups in total. The van der Waals surface area contributed by atoms with Crippen LogP contribution in [-0.2, 0) is 4.79 Å². The Balaban J connectivity index is 1.45. The third-order valence-electron chi connectivity index (χ3n) is 3.45. The predicted octanol–water partition coefficient (Wildman–Crippen LogP) is 3.29. The summed E-state index contributed by atoms with van der Waals surface area (Å²) < 4.78 is 5.42. The van der Waals surface area contributed by atoms with Gasteiger partial charge in [-0.25, -0.2) is 9.78 Å². The Kier molecular flexibility index (Phi) is 4.94. The van der Waals surface area contributed by atoms with E-state index in [2.05, 4.69) is 20.9 Å². The minimum absolute atomic E-state index is 0.162. The van der Waals surface area contributed by atoms with Crippen molar-refractivity contribution < 1.29 is 14.0 Å². The lowest BCUT2D eigenvalue weighted by atomic mass is 10.3. The maximum absolute atomic E-state index is 11.9. The molecule has 128 valence electrons. The number of carbonyl (C=O) groups is 2. The first-order valence-corrected chi connectivity index (χ1v) is 7.87. The molecule has 1 heterocycles. The van der Waals surface area contributed by atoms with Crippen molar-refractivity contribution in [3.8, 4) is 0 Å². The van der Waals surface area contributed by atoms with Crippen LogP contribution in [0.1, 0.15) is 12.3 Å². The van der Waals surface area contributed by atoms with Crippen LogP contribution in [0.4, 0.5) is 16.2 Å². The molecule has 0 aliphatic carbocycles. The van der Waals surface area contributed by atoms with E-state index in [-0.39, 0.29) is 24.9 Å². The lowest BCUT2D eigenvalue weighted by Crippen LogP contribution is -2.31. The highest BCUT2D eigenvalue weighted by atomic mass is 16.3. The van der Waals surface area contributed by atoms with Gasteiger partial charge in [-0.1, -0.05) is 18.2 Å². The van der Waals surface area contributed by atoms with Gasteiger partial charge in [-0.05, 0) is 24.3 Å². The molecular formula is C18H18N4O3. The van der Waals surface area contributed by atoms with E-state index < -0.39 is 0 Å². The van der Waals surface area contributed by atoms with Gasteiger partial charge >= 0.3 is 6.03 Å². The fourth-order valence-electron chi connectivity index (χ4n) is 2.33. The van der Waals surface area contributed by atoms with E-state index in [0.717, 1.165) is 11.2 Å². The van der Waals surface area contributed by atoms with Crippen LogP contribution < -0.4 is 16.0 Å². The quantitative estimate of drug-likeness (QED) is 0.665. The SMILES string of the molecule is Cc1nc2ccc(NC(=O)NCCC(=O)Nc3ccccc3)cc2o1. The Hall–Kier alpha value is -3.35. The average molecular weight is 338 g/mol. The number of hydrogen-bond donors (Lipinski definition) is 3. The Labute approximate surface area is 144 Å². The minimum atomic E-state index is -0.386. The summed E-state index contributed by atoms with van der Waals surface area (Å²) in [6.07, 6.45) is 0.183. The number of anilines is 2. The van der Waals surface area contributed by atoms with Gasteiger partial charge in [0.25, 0.3) is 0 Å². The minimum Gasteiger partial charge on any atom is -0.441 e. The van der Waals surface area contributed by atoms with Gasteiger partial charge in [-0.15, -0.1) is 0 Å². The van der Waals surface area contributed by atoms with Gasteiger partial charge in [0.05, 0.1) is 0 Å². The van der Waals surface area contributed by atoms with Gasteiger partial charge in [0.2, 0.25) is 5.91 Å². The van der Waals surface area contributed by atoms with E-state index in [1.165, 1.54) is 0 Å². The van der Waals surface area contributed by atoms with Crippen LogP contribution in [0.25, 0.3) is 11.1 Å². The molecular weight excluding hydrogens is 320 g/mol. The van der Waals surface area contributed by atoms with Crippen molar-refractivity contribution in [2.24, 2.45) is 0 Å². The number of nitrogens with zero attached hydrogens (tertiary/aromatic N) is 1. The van der Waals surface area contributed by atoms with Crippen LogP contribution in [0.5, 0.6) is 0 Å². The molecule has 0 saturated heterocycles. The lowest BCUT2D eigenvalue weighted by molar-refractivity contribution is -0.116. The van der Waals surface area contributed by atoms with Crippen molar-refractivity contribution in [2.45, 2.75) is 13.3 Å². The zero-order valence-electron chi connectivity index (χ0n) is 13.7. The van der Waals surface area contributed by atoms with Crippen LogP contribution in [0.3, 0.4) is 0 Å². The second-order valence-electron chi connectivity index (χ2n) is 5.46. The Morgan fingerprint density at radius 3 is 2.64 bits per heavy atom. The van der Waals surface area contributed by atoms with Crippen LogP contribution in [0, 0.1) is 6.92 Å². The monoisotopic (exact) mass is 338 g/mol. The number of urea groups is 1. The van der Waals surface area contributed by atoms with Crippen molar-refractivity contribution in [3.63, 3.8) is 0 Å². The molecule has 7 nitrogen and oxygen atoms in total. The zero-order chi connectivity index (χ0) is 17.6. The zero-order valence-corrected chi connectivity index (χ0v) is 13.7. The fraction of sp³-hybridized carbons (Fsp3) is 0.167. The summed E-state index contributed by atoms with van der Waals surface area (Å²) in [7, 11) is 0. The molecule has 0 aliphatic rings. The largest absolute Gasteiger partial charge is 0.441 e. The number of aryl methyl sites for hydroxylation is 1. The summed E-state index contributed by atoms with van der Waals surface area (Å²) in [5.41, 5.74) is 2.67. The van der Waals surface area contributed by atoms with Gasteiger partial charge in [0.1, 0.15) is 5.52 Å². The first-order chi connectivity index (χ1) is 12.1. The van der Waals surface area contributed by atoms with Gasteiger partial charge in [0.15, 0.2) is 11.5 Å². The van der Waals surface area contributed by atoms with E-state index in [1.807, 2.05) is 18.2 Å². The summed E-state index contributed by atoms with van der Waals surface area (Å²) in [5.74, 6) is 0.408. The number of carbonyl (C=O) groups excluding carboxylic acids is 2. The van der Waals surface area contributed by atoms with Gasteiger partial charge in [-0.2, -0.15) is 0 Å². The van der Waals surface area contributed by atoms with Crippen molar-refractivity contribution in [2.75, 3.05) is 17.2 Å². The van der Waals surface area contributed by atoms with Crippen LogP contribution in [-0.4, -0.2) is 23.5 Å². The summed E-state index contributed by atoms with van der Waals surface area (Å²) in [4.78, 5) is 27.9. The molecule has 0 aliphatic heterocycles. The predicted molar refractivity (Wildman–Crippen MR) is 95.5 cm³/mol. The average Bonchev–Trinajstić information content (AvgIpc) is 2.95. The molecule has 0 saturated carbocycles. The molecule has 3 aromatic rings. The molecule has 1 aromatic heterocycles. The maximum Gasteiger partial charge on any atom is 0.319 e. The molecule has 0 atom stereocenters. The summed E-state index contributed by atoms with van der Waals surface area (Å²) in [6, 6.07) is 14.0. The first kappa shape index (κ1) is 16.5. The molecule has 2 aromatic carbocycles. The fourth-order valence-corrected chi connectivity index (χ4v) is 2.33. The maximum atomic E-state index is 11.9. The summed E-state index contributed by atoms with van der Waals surface area (Å²) >= 11 is 0. The number of rotatable bonds is 5. The second-order valence-corrected chi connectivity index (χ2v) is 5.46. The summed E-state index contributed by atoms with van der Waals surface area (Å²) in [6.45, 7) is 1.99. The Morgan fingerprint density at radius 1 is 1.04 bits per heavy atom. The van der Waals surface area contributed by atoms with E-state index in [9.17, 15) is 9.59 Å². The van der Waals surface area contributed by atoms with Crippen molar-refractivity contribution in [1.29, 1.82) is 0 Å². The topological polar surface area (TPSA) is 96.3 Å². The molecule has 0 unspecified atom stereocenters. The summed E-state index contributed by atoms with van der Waals surface area (Å²) in [5, 5.41) is 8.10. The van der Waals surface area contributed by atoms with Gasteiger partial charge < -0.3 is 20.4 Å². The highest BCUT2D eigenvalue weighted by Gasteiger charge is 2.07. The molecule has 25 heavy (non-hydrogen) atoms. The van der Waals surface area contributed by atoms with E-state index >= 15 is 0 Å². The third kappa shape index (κ3) is 4.57. The highest BCUT2D eigenvalue weighted by Crippen LogP contribution is 2.19. The molecule has 0 fully saturated rings. The van der Waals surface area contributed by atoms with E-state index in [0.29, 0.717) is 17.2 Å².